The van der Waals surface area contributed by atoms with Gasteiger partial charge < -0.3 is 15.4 Å². The number of thiol groups is 1. The van der Waals surface area contributed by atoms with Crippen LogP contribution in [0.2, 0.25) is 0 Å². The second kappa shape index (κ2) is 11.6. The lowest BCUT2D eigenvalue weighted by Gasteiger charge is -2.21. The van der Waals surface area contributed by atoms with Crippen molar-refractivity contribution in [3.63, 3.8) is 0 Å². The van der Waals surface area contributed by atoms with Gasteiger partial charge in [-0.25, -0.2) is 0 Å². The Labute approximate surface area is 207 Å². The molecule has 2 aliphatic rings. The number of nitrogens with zero attached hydrogens (tertiary/aromatic N) is 1. The number of methoxy groups -OCH3 is 1. The zero-order chi connectivity index (χ0) is 24.6. The predicted octanol–water partition coefficient (Wildman–Crippen LogP) is 4.99. The molecule has 34 heavy (non-hydrogen) atoms. The summed E-state index contributed by atoms with van der Waals surface area (Å²) < 4.78 is 5.29. The van der Waals surface area contributed by atoms with Gasteiger partial charge >= 0.3 is 0 Å². The first-order valence-electron chi connectivity index (χ1n) is 11.2. The molecular weight excluding hydrogens is 442 g/mol. The number of rotatable bonds is 4. The highest BCUT2D eigenvalue weighted by atomic mass is 32.1. The third kappa shape index (κ3) is 5.73. The Bertz CT molecular complexity index is 1250. The van der Waals surface area contributed by atoms with Crippen molar-refractivity contribution in [3.05, 3.63) is 83.2 Å². The summed E-state index contributed by atoms with van der Waals surface area (Å²) in [7, 11) is 1.61. The number of fused-ring (bicyclic) bond motifs is 1. The molecule has 0 radical (unpaired) electrons. The second-order valence-corrected chi connectivity index (χ2v) is 8.00. The van der Waals surface area contributed by atoms with E-state index in [1.165, 1.54) is 0 Å². The Morgan fingerprint density at radius 2 is 1.91 bits per heavy atom. The first-order valence-corrected chi connectivity index (χ1v) is 12.1. The fourth-order valence-corrected chi connectivity index (χ4v) is 3.76. The SMILES string of the molecule is C1=CNC1.CC#Cc1cc(C2(NC(=O)c3cc(OC)ccc3C)CC2)c2cccnc2c1.CS. The molecule has 0 bridgehead atoms. The average Bonchev–Trinajstić information content (AvgIpc) is 3.59. The maximum Gasteiger partial charge on any atom is 0.252 e. The normalized spacial score (nSPS) is 13.9. The van der Waals surface area contributed by atoms with E-state index in [0.29, 0.717) is 11.3 Å². The van der Waals surface area contributed by atoms with Gasteiger partial charge in [0.15, 0.2) is 0 Å². The lowest BCUT2D eigenvalue weighted by Crippen LogP contribution is -2.35. The molecule has 3 aromatic rings. The van der Waals surface area contributed by atoms with Crippen LogP contribution in [0.4, 0.5) is 0 Å². The van der Waals surface area contributed by atoms with Crippen LogP contribution in [0, 0.1) is 18.8 Å². The highest BCUT2D eigenvalue weighted by Gasteiger charge is 2.47. The topological polar surface area (TPSA) is 63.2 Å². The molecule has 6 heteroatoms. The van der Waals surface area contributed by atoms with Crippen molar-refractivity contribution < 1.29 is 9.53 Å². The Morgan fingerprint density at radius 1 is 1.21 bits per heavy atom. The molecule has 5 rings (SSSR count). The van der Waals surface area contributed by atoms with Crippen LogP contribution in [-0.4, -0.2) is 30.8 Å². The van der Waals surface area contributed by atoms with Crippen molar-refractivity contribution in [2.45, 2.75) is 32.2 Å². The Hall–Kier alpha value is -3.43. The van der Waals surface area contributed by atoms with E-state index in [9.17, 15) is 4.79 Å². The standard InChI is InChI=1S/C24H22N2O2.C3H5N.CH4S/c1-4-6-17-13-21(19-7-5-12-25-22(19)14-17)24(10-11-24)26-23(27)20-15-18(28-3)9-8-16(20)2;1-2-4-3-1;1-2/h5,7-9,12-15H,10-11H2,1-3H3,(H,26,27);1-2,4H,3H2;2H,1H3. The number of carbonyl (C=O) groups is 1. The van der Waals surface area contributed by atoms with Crippen molar-refractivity contribution in [2.75, 3.05) is 19.9 Å². The van der Waals surface area contributed by atoms with Gasteiger partial charge in [0, 0.05) is 29.3 Å². The van der Waals surface area contributed by atoms with Gasteiger partial charge in [-0.2, -0.15) is 12.6 Å². The van der Waals surface area contributed by atoms with E-state index in [0.717, 1.165) is 47.0 Å². The number of benzene rings is 2. The van der Waals surface area contributed by atoms with Crippen LogP contribution < -0.4 is 15.4 Å². The number of hydrogen-bond acceptors (Lipinski definition) is 5. The molecule has 1 fully saturated rings. The quantitative estimate of drug-likeness (QED) is 0.369. The Balaban J connectivity index is 0.000000480. The number of aromatic nitrogens is 1. The van der Waals surface area contributed by atoms with Crippen molar-refractivity contribution in [2.24, 2.45) is 0 Å². The largest absolute Gasteiger partial charge is 0.497 e. The summed E-state index contributed by atoms with van der Waals surface area (Å²) in [6, 6.07) is 13.6. The molecule has 2 N–H and O–H groups in total. The summed E-state index contributed by atoms with van der Waals surface area (Å²) in [5.74, 6) is 6.68. The highest BCUT2D eigenvalue weighted by Crippen LogP contribution is 2.48. The second-order valence-electron chi connectivity index (χ2n) is 8.00. The number of ether oxygens (including phenoxy) is 1. The summed E-state index contributed by atoms with van der Waals surface area (Å²) in [5.41, 5.74) is 4.09. The maximum absolute atomic E-state index is 13.1. The van der Waals surface area contributed by atoms with Crippen molar-refractivity contribution in [3.8, 4) is 17.6 Å². The molecular formula is C28H31N3O2S. The van der Waals surface area contributed by atoms with Crippen LogP contribution in [0.5, 0.6) is 5.75 Å². The van der Waals surface area contributed by atoms with E-state index in [1.54, 1.807) is 25.6 Å². The molecule has 1 saturated carbocycles. The molecule has 1 aromatic heterocycles. The third-order valence-corrected chi connectivity index (χ3v) is 5.77. The van der Waals surface area contributed by atoms with Crippen LogP contribution in [-0.2, 0) is 5.54 Å². The molecule has 0 saturated heterocycles. The molecule has 5 nitrogen and oxygen atoms in total. The van der Waals surface area contributed by atoms with Gasteiger partial charge in [-0.05, 0) is 86.7 Å². The average molecular weight is 474 g/mol. The minimum Gasteiger partial charge on any atom is -0.497 e. The summed E-state index contributed by atoms with van der Waals surface area (Å²) in [4.78, 5) is 17.6. The summed E-state index contributed by atoms with van der Waals surface area (Å²) in [6.07, 6.45) is 9.27. The zero-order valence-electron chi connectivity index (χ0n) is 20.1. The van der Waals surface area contributed by atoms with E-state index in [1.807, 2.05) is 44.3 Å². The van der Waals surface area contributed by atoms with Gasteiger partial charge in [0.2, 0.25) is 0 Å². The minimum atomic E-state index is -0.376. The van der Waals surface area contributed by atoms with Crippen molar-refractivity contribution in [1.29, 1.82) is 0 Å². The molecule has 2 heterocycles. The van der Waals surface area contributed by atoms with Crippen LogP contribution in [0.25, 0.3) is 10.9 Å². The van der Waals surface area contributed by atoms with Crippen LogP contribution in [0.1, 0.15) is 46.8 Å². The molecule has 2 aromatic carbocycles. The number of nitrogens with one attached hydrogen (secondary N) is 2. The fourth-order valence-electron chi connectivity index (χ4n) is 3.76. The molecule has 0 atom stereocenters. The molecule has 176 valence electrons. The van der Waals surface area contributed by atoms with Crippen molar-refractivity contribution >= 4 is 29.4 Å². The first-order chi connectivity index (χ1) is 16.6. The maximum atomic E-state index is 13.1. The predicted molar refractivity (Wildman–Crippen MR) is 142 cm³/mol. The smallest absolute Gasteiger partial charge is 0.252 e. The van der Waals surface area contributed by atoms with Crippen molar-refractivity contribution in [1.82, 2.24) is 15.6 Å². The molecule has 1 aliphatic carbocycles. The van der Waals surface area contributed by atoms with E-state index < -0.39 is 0 Å². The van der Waals surface area contributed by atoms with Gasteiger partial charge in [0.1, 0.15) is 5.75 Å². The molecule has 0 spiro atoms. The van der Waals surface area contributed by atoms with Crippen LogP contribution in [0.3, 0.4) is 0 Å². The summed E-state index contributed by atoms with van der Waals surface area (Å²) in [5, 5.41) is 7.27. The fraction of sp³-hybridized carbons (Fsp3) is 0.286. The van der Waals surface area contributed by atoms with E-state index >= 15 is 0 Å². The molecule has 1 aliphatic heterocycles. The number of amides is 1. The van der Waals surface area contributed by atoms with Crippen LogP contribution >= 0.6 is 12.6 Å². The number of pyridine rings is 1. The first kappa shape index (κ1) is 25.2. The number of hydrogen-bond donors (Lipinski definition) is 3. The van der Waals surface area contributed by atoms with E-state index in [4.69, 9.17) is 4.74 Å². The lowest BCUT2D eigenvalue weighted by molar-refractivity contribution is 0.0930. The number of aryl methyl sites for hydroxylation is 1. The van der Waals surface area contributed by atoms with Gasteiger partial charge in [0.25, 0.3) is 5.91 Å². The summed E-state index contributed by atoms with van der Waals surface area (Å²) >= 11 is 3.53. The number of carbonyl (C=O) groups excluding carboxylic acids is 1. The summed E-state index contributed by atoms with van der Waals surface area (Å²) in [6.45, 7) is 4.83. The Morgan fingerprint density at radius 3 is 2.50 bits per heavy atom. The minimum absolute atomic E-state index is 0.0853. The Kier molecular flexibility index (Phi) is 8.61. The lowest BCUT2D eigenvalue weighted by atomic mass is 9.95. The zero-order valence-corrected chi connectivity index (χ0v) is 21.0. The van der Waals surface area contributed by atoms with E-state index in [-0.39, 0.29) is 11.4 Å². The van der Waals surface area contributed by atoms with E-state index in [2.05, 4.69) is 58.3 Å². The van der Waals surface area contributed by atoms with Gasteiger partial charge in [0.05, 0.1) is 18.2 Å². The van der Waals surface area contributed by atoms with Gasteiger partial charge in [-0.15, -0.1) is 5.92 Å². The monoisotopic (exact) mass is 473 g/mol. The van der Waals surface area contributed by atoms with Gasteiger partial charge in [-0.1, -0.05) is 18.1 Å². The molecule has 0 unspecified atom stereocenters. The molecule has 1 amide bonds. The van der Waals surface area contributed by atoms with Crippen LogP contribution in [0.15, 0.2) is 60.9 Å². The third-order valence-electron chi connectivity index (χ3n) is 5.77. The highest BCUT2D eigenvalue weighted by molar-refractivity contribution is 7.79. The van der Waals surface area contributed by atoms with Gasteiger partial charge in [-0.3, -0.25) is 9.78 Å².